The molecule has 0 unspecified atom stereocenters. The molecule has 0 fully saturated rings. The van der Waals surface area contributed by atoms with Gasteiger partial charge in [-0.25, -0.2) is 0 Å². The van der Waals surface area contributed by atoms with Crippen molar-refractivity contribution in [2.75, 3.05) is 7.11 Å². The zero-order chi connectivity index (χ0) is 18.6. The first kappa shape index (κ1) is 17.3. The Labute approximate surface area is 157 Å². The molecule has 1 aromatic heterocycles. The van der Waals surface area contributed by atoms with Gasteiger partial charge in [-0.05, 0) is 28.0 Å². The summed E-state index contributed by atoms with van der Waals surface area (Å²) in [6.45, 7) is 1.06. The number of carbonyl (C=O) groups excluding carboxylic acids is 1. The molecule has 4 heteroatoms. The van der Waals surface area contributed by atoms with Crippen molar-refractivity contribution in [2.24, 2.45) is 0 Å². The number of ether oxygens (including phenoxy) is 1. The highest BCUT2D eigenvalue weighted by Gasteiger charge is 2.13. The Bertz CT molecular complexity index is 1100. The van der Waals surface area contributed by atoms with Gasteiger partial charge in [0.2, 0.25) is 5.91 Å². The van der Waals surface area contributed by atoms with E-state index in [-0.39, 0.29) is 5.91 Å². The molecule has 0 radical (unpaired) electrons. The minimum atomic E-state index is -0.0252. The van der Waals surface area contributed by atoms with Gasteiger partial charge in [0.1, 0.15) is 5.58 Å². The molecule has 0 spiro atoms. The van der Waals surface area contributed by atoms with Gasteiger partial charge in [0, 0.05) is 24.6 Å². The van der Waals surface area contributed by atoms with E-state index in [4.69, 9.17) is 9.15 Å². The molecule has 0 aliphatic heterocycles. The predicted molar refractivity (Wildman–Crippen MR) is 106 cm³/mol. The van der Waals surface area contributed by atoms with Gasteiger partial charge in [-0.1, -0.05) is 54.6 Å². The Morgan fingerprint density at radius 1 is 1.04 bits per heavy atom. The van der Waals surface area contributed by atoms with Crippen molar-refractivity contribution in [1.29, 1.82) is 0 Å². The average Bonchev–Trinajstić information content (AvgIpc) is 3.10. The number of carbonyl (C=O) groups is 1. The Hall–Kier alpha value is -3.11. The largest absolute Gasteiger partial charge is 0.464 e. The van der Waals surface area contributed by atoms with E-state index in [2.05, 4.69) is 17.4 Å². The summed E-state index contributed by atoms with van der Waals surface area (Å²) < 4.78 is 10.8. The lowest BCUT2D eigenvalue weighted by Crippen LogP contribution is -2.24. The Morgan fingerprint density at radius 2 is 1.89 bits per heavy atom. The molecule has 1 amide bonds. The summed E-state index contributed by atoms with van der Waals surface area (Å²) >= 11 is 0. The molecular formula is C23H21NO3. The smallest absolute Gasteiger partial charge is 0.224 e. The fraction of sp³-hybridized carbons (Fsp3) is 0.174. The third kappa shape index (κ3) is 3.71. The van der Waals surface area contributed by atoms with Gasteiger partial charge in [0.25, 0.3) is 0 Å². The standard InChI is InChI=1S/C23H21NO3/c1-26-14-17-6-4-5-16(11-17)13-24-22(25)12-19-15-27-21-10-9-18-7-2-3-8-20(18)23(19)21/h2-11,15H,12-14H2,1H3,(H,24,25). The van der Waals surface area contributed by atoms with Crippen LogP contribution in [0.2, 0.25) is 0 Å². The van der Waals surface area contributed by atoms with Crippen LogP contribution in [0, 0.1) is 0 Å². The minimum absolute atomic E-state index is 0.0252. The summed E-state index contributed by atoms with van der Waals surface area (Å²) in [6, 6.07) is 20.2. The van der Waals surface area contributed by atoms with Crippen molar-refractivity contribution in [3.63, 3.8) is 0 Å². The number of benzene rings is 3. The van der Waals surface area contributed by atoms with Gasteiger partial charge < -0.3 is 14.5 Å². The summed E-state index contributed by atoms with van der Waals surface area (Å²) in [5.74, 6) is -0.0252. The van der Waals surface area contributed by atoms with E-state index in [0.29, 0.717) is 19.6 Å². The van der Waals surface area contributed by atoms with E-state index < -0.39 is 0 Å². The molecule has 1 N–H and O–H groups in total. The fourth-order valence-electron chi connectivity index (χ4n) is 3.44. The van der Waals surface area contributed by atoms with Crippen molar-refractivity contribution < 1.29 is 13.9 Å². The van der Waals surface area contributed by atoms with Crippen LogP contribution in [0.15, 0.2) is 71.3 Å². The summed E-state index contributed by atoms with van der Waals surface area (Å²) in [4.78, 5) is 12.5. The number of nitrogens with one attached hydrogen (secondary N) is 1. The molecule has 3 aromatic carbocycles. The number of furan rings is 1. The molecule has 0 saturated heterocycles. The van der Waals surface area contributed by atoms with Gasteiger partial charge in [0.05, 0.1) is 19.3 Å². The van der Waals surface area contributed by atoms with Gasteiger partial charge >= 0.3 is 0 Å². The van der Waals surface area contributed by atoms with Crippen molar-refractivity contribution in [3.8, 4) is 0 Å². The first-order valence-electron chi connectivity index (χ1n) is 8.96. The van der Waals surface area contributed by atoms with Crippen LogP contribution in [-0.2, 0) is 29.1 Å². The highest BCUT2D eigenvalue weighted by molar-refractivity contribution is 6.08. The van der Waals surface area contributed by atoms with Gasteiger partial charge in [-0.15, -0.1) is 0 Å². The SMILES string of the molecule is COCc1cccc(CNC(=O)Cc2coc3ccc4ccccc4c23)c1. The number of hydrogen-bond acceptors (Lipinski definition) is 3. The maximum atomic E-state index is 12.5. The molecule has 0 atom stereocenters. The topological polar surface area (TPSA) is 51.5 Å². The normalized spacial score (nSPS) is 11.1. The monoisotopic (exact) mass is 359 g/mol. The van der Waals surface area contributed by atoms with Crippen molar-refractivity contribution in [2.45, 2.75) is 19.6 Å². The molecule has 4 rings (SSSR count). The molecular weight excluding hydrogens is 338 g/mol. The van der Waals surface area contributed by atoms with Crippen LogP contribution in [0.25, 0.3) is 21.7 Å². The molecule has 27 heavy (non-hydrogen) atoms. The maximum Gasteiger partial charge on any atom is 0.224 e. The number of hydrogen-bond donors (Lipinski definition) is 1. The van der Waals surface area contributed by atoms with Crippen LogP contribution >= 0.6 is 0 Å². The zero-order valence-electron chi connectivity index (χ0n) is 15.2. The van der Waals surface area contributed by atoms with E-state index in [1.54, 1.807) is 13.4 Å². The second kappa shape index (κ2) is 7.64. The van der Waals surface area contributed by atoms with Crippen molar-refractivity contribution >= 4 is 27.6 Å². The number of rotatable bonds is 6. The first-order chi connectivity index (χ1) is 13.2. The second-order valence-corrected chi connectivity index (χ2v) is 6.63. The summed E-state index contributed by atoms with van der Waals surface area (Å²) in [5, 5.41) is 6.27. The lowest BCUT2D eigenvalue weighted by atomic mass is 10.0. The zero-order valence-corrected chi connectivity index (χ0v) is 15.2. The predicted octanol–water partition coefficient (Wildman–Crippen LogP) is 4.59. The van der Waals surface area contributed by atoms with Crippen LogP contribution in [0.5, 0.6) is 0 Å². The van der Waals surface area contributed by atoms with E-state index in [1.165, 1.54) is 0 Å². The van der Waals surface area contributed by atoms with Gasteiger partial charge in [-0.2, -0.15) is 0 Å². The molecule has 1 heterocycles. The summed E-state index contributed by atoms with van der Waals surface area (Å²) in [7, 11) is 1.67. The third-order valence-electron chi connectivity index (χ3n) is 4.68. The number of fused-ring (bicyclic) bond motifs is 3. The molecule has 4 nitrogen and oxygen atoms in total. The Balaban J connectivity index is 1.50. The summed E-state index contributed by atoms with van der Waals surface area (Å²) in [6.07, 6.45) is 1.98. The Morgan fingerprint density at radius 3 is 2.78 bits per heavy atom. The van der Waals surface area contributed by atoms with Gasteiger partial charge in [0.15, 0.2) is 0 Å². The maximum absolute atomic E-state index is 12.5. The van der Waals surface area contributed by atoms with Crippen LogP contribution in [-0.4, -0.2) is 13.0 Å². The molecule has 0 aliphatic rings. The minimum Gasteiger partial charge on any atom is -0.464 e. The van der Waals surface area contributed by atoms with Gasteiger partial charge in [-0.3, -0.25) is 4.79 Å². The van der Waals surface area contributed by atoms with E-state index in [0.717, 1.165) is 38.4 Å². The number of amides is 1. The van der Waals surface area contributed by atoms with Crippen LogP contribution in [0.4, 0.5) is 0 Å². The lowest BCUT2D eigenvalue weighted by Gasteiger charge is -2.07. The lowest BCUT2D eigenvalue weighted by molar-refractivity contribution is -0.120. The highest BCUT2D eigenvalue weighted by atomic mass is 16.5. The molecule has 4 aromatic rings. The Kier molecular flexibility index (Phi) is 4.90. The van der Waals surface area contributed by atoms with E-state index >= 15 is 0 Å². The first-order valence-corrected chi connectivity index (χ1v) is 8.96. The van der Waals surface area contributed by atoms with E-state index in [9.17, 15) is 4.79 Å². The number of methoxy groups -OCH3 is 1. The summed E-state index contributed by atoms with van der Waals surface area (Å²) in [5.41, 5.74) is 3.87. The van der Waals surface area contributed by atoms with E-state index in [1.807, 2.05) is 48.5 Å². The molecule has 0 saturated carbocycles. The molecule has 0 bridgehead atoms. The van der Waals surface area contributed by atoms with Crippen LogP contribution < -0.4 is 5.32 Å². The molecule has 0 aliphatic carbocycles. The van der Waals surface area contributed by atoms with Crippen LogP contribution in [0.3, 0.4) is 0 Å². The van der Waals surface area contributed by atoms with Crippen LogP contribution in [0.1, 0.15) is 16.7 Å². The average molecular weight is 359 g/mol. The third-order valence-corrected chi connectivity index (χ3v) is 4.68. The highest BCUT2D eigenvalue weighted by Crippen LogP contribution is 2.30. The van der Waals surface area contributed by atoms with Crippen molar-refractivity contribution in [3.05, 3.63) is 83.6 Å². The quantitative estimate of drug-likeness (QED) is 0.548. The second-order valence-electron chi connectivity index (χ2n) is 6.63. The van der Waals surface area contributed by atoms with Crippen molar-refractivity contribution in [1.82, 2.24) is 5.32 Å². The molecule has 136 valence electrons. The fourth-order valence-corrected chi connectivity index (χ4v) is 3.44.